The fourth-order valence-corrected chi connectivity index (χ4v) is 4.99. The smallest absolute Gasteiger partial charge is 0.271 e. The maximum absolute atomic E-state index is 14.0. The molecule has 1 unspecified atom stereocenters. The van der Waals surface area contributed by atoms with Gasteiger partial charge in [0.2, 0.25) is 5.91 Å². The van der Waals surface area contributed by atoms with Gasteiger partial charge in [0, 0.05) is 24.0 Å². The minimum atomic E-state index is -1.12. The summed E-state index contributed by atoms with van der Waals surface area (Å²) in [5.41, 5.74) is 2.24. The Morgan fingerprint density at radius 1 is 0.973 bits per heavy atom. The van der Waals surface area contributed by atoms with Crippen molar-refractivity contribution in [1.29, 1.82) is 0 Å². The Balaban J connectivity index is 1.52. The molecule has 1 N–H and O–H groups in total. The van der Waals surface area contributed by atoms with E-state index in [2.05, 4.69) is 5.32 Å². The molecule has 1 aliphatic rings. The monoisotopic (exact) mass is 497 g/mol. The highest BCUT2D eigenvalue weighted by Gasteiger charge is 2.47. The molecule has 0 saturated heterocycles. The first-order valence-corrected chi connectivity index (χ1v) is 12.5. The van der Waals surface area contributed by atoms with Gasteiger partial charge in [0.25, 0.3) is 5.91 Å². The molecule has 7 nitrogen and oxygen atoms in total. The van der Waals surface area contributed by atoms with E-state index in [-0.39, 0.29) is 18.4 Å². The second-order valence-corrected chi connectivity index (χ2v) is 9.43. The van der Waals surface area contributed by atoms with E-state index in [1.807, 2.05) is 97.3 Å². The predicted molar refractivity (Wildman–Crippen MR) is 143 cm³/mol. The molecule has 190 valence electrons. The molecule has 1 atom stereocenters. The molecule has 0 saturated carbocycles. The Hall–Kier alpha value is -4.26. The molecule has 4 aromatic rings. The molecule has 0 aliphatic carbocycles. The number of nitrogens with one attached hydrogen (secondary N) is 1. The number of rotatable bonds is 8. The van der Waals surface area contributed by atoms with Crippen LogP contribution in [0.1, 0.15) is 35.5 Å². The molecule has 1 aliphatic heterocycles. The number of para-hydroxylation sites is 1. The number of nitrogens with zero attached hydrogens (tertiary/aromatic N) is 2. The highest BCUT2D eigenvalue weighted by molar-refractivity contribution is 6.03. The fraction of sp³-hybridized carbons (Fsp3) is 0.267. The molecule has 1 aromatic heterocycles. The molecule has 0 spiro atoms. The van der Waals surface area contributed by atoms with E-state index in [0.717, 1.165) is 22.0 Å². The van der Waals surface area contributed by atoms with Crippen LogP contribution in [0.2, 0.25) is 0 Å². The SMILES string of the molecule is CCOc1ccc(CN2C(=O)c3cc4ccccc4n3CC2(C)C(=O)NCc2ccccc2)cc1OC. The van der Waals surface area contributed by atoms with Gasteiger partial charge in [-0.3, -0.25) is 9.59 Å². The number of carbonyl (C=O) groups excluding carboxylic acids is 2. The van der Waals surface area contributed by atoms with Gasteiger partial charge < -0.3 is 24.3 Å². The number of carbonyl (C=O) groups is 2. The van der Waals surface area contributed by atoms with Crippen LogP contribution in [-0.4, -0.2) is 40.5 Å². The zero-order chi connectivity index (χ0) is 26.0. The van der Waals surface area contributed by atoms with Gasteiger partial charge in [-0.2, -0.15) is 0 Å². The zero-order valence-electron chi connectivity index (χ0n) is 21.4. The number of hydrogen-bond donors (Lipinski definition) is 1. The van der Waals surface area contributed by atoms with Crippen LogP contribution in [0.3, 0.4) is 0 Å². The largest absolute Gasteiger partial charge is 0.493 e. The van der Waals surface area contributed by atoms with Crippen LogP contribution < -0.4 is 14.8 Å². The topological polar surface area (TPSA) is 72.8 Å². The number of hydrogen-bond acceptors (Lipinski definition) is 4. The molecule has 0 fully saturated rings. The van der Waals surface area contributed by atoms with Crippen molar-refractivity contribution < 1.29 is 19.1 Å². The fourth-order valence-electron chi connectivity index (χ4n) is 4.99. The summed E-state index contributed by atoms with van der Waals surface area (Å²) < 4.78 is 13.1. The standard InChI is InChI=1S/C30H31N3O4/c1-4-37-26-15-14-22(16-27(26)36-3)19-33-28(34)25-17-23-12-8-9-13-24(23)32(25)20-30(33,2)29(35)31-18-21-10-6-5-7-11-21/h5-17H,4,18-20H2,1-3H3,(H,31,35). The maximum Gasteiger partial charge on any atom is 0.271 e. The average molecular weight is 498 g/mol. The number of fused-ring (bicyclic) bond motifs is 3. The van der Waals surface area contributed by atoms with Crippen molar-refractivity contribution in [3.63, 3.8) is 0 Å². The van der Waals surface area contributed by atoms with E-state index in [1.54, 1.807) is 12.0 Å². The molecule has 2 amide bonds. The Bertz CT molecular complexity index is 1450. The summed E-state index contributed by atoms with van der Waals surface area (Å²) >= 11 is 0. The first-order valence-electron chi connectivity index (χ1n) is 12.5. The first kappa shape index (κ1) is 24.4. The van der Waals surface area contributed by atoms with Gasteiger partial charge >= 0.3 is 0 Å². The van der Waals surface area contributed by atoms with Crippen molar-refractivity contribution in [3.8, 4) is 11.5 Å². The maximum atomic E-state index is 14.0. The Morgan fingerprint density at radius 3 is 2.49 bits per heavy atom. The summed E-state index contributed by atoms with van der Waals surface area (Å²) in [6, 6.07) is 25.2. The molecule has 3 aromatic carbocycles. The number of benzene rings is 3. The molecular weight excluding hydrogens is 466 g/mol. The molecule has 5 rings (SSSR count). The Morgan fingerprint density at radius 2 is 1.73 bits per heavy atom. The summed E-state index contributed by atoms with van der Waals surface area (Å²) in [6.07, 6.45) is 0. The van der Waals surface area contributed by atoms with Crippen LogP contribution >= 0.6 is 0 Å². The second-order valence-electron chi connectivity index (χ2n) is 9.43. The highest BCUT2D eigenvalue weighted by Crippen LogP contribution is 2.35. The van der Waals surface area contributed by atoms with Crippen LogP contribution in [0.5, 0.6) is 11.5 Å². The summed E-state index contributed by atoms with van der Waals surface area (Å²) in [5.74, 6) is 0.842. The third-order valence-corrected chi connectivity index (χ3v) is 6.99. The minimum Gasteiger partial charge on any atom is -0.493 e. The van der Waals surface area contributed by atoms with Crippen molar-refractivity contribution in [2.75, 3.05) is 13.7 Å². The number of ether oxygens (including phenoxy) is 2. The molecular formula is C30H31N3O4. The van der Waals surface area contributed by atoms with Gasteiger partial charge in [0.05, 0.1) is 20.3 Å². The summed E-state index contributed by atoms with van der Waals surface area (Å²) in [7, 11) is 1.59. The quantitative estimate of drug-likeness (QED) is 0.380. The Labute approximate surface area is 216 Å². The van der Waals surface area contributed by atoms with Crippen LogP contribution in [0.4, 0.5) is 0 Å². The second kappa shape index (κ2) is 10.0. The number of methoxy groups -OCH3 is 1. The van der Waals surface area contributed by atoms with Gasteiger partial charge in [-0.25, -0.2) is 0 Å². The third kappa shape index (κ3) is 4.53. The highest BCUT2D eigenvalue weighted by atomic mass is 16.5. The predicted octanol–water partition coefficient (Wildman–Crippen LogP) is 4.78. The van der Waals surface area contributed by atoms with E-state index in [1.165, 1.54) is 0 Å². The van der Waals surface area contributed by atoms with Gasteiger partial charge in [0.1, 0.15) is 11.2 Å². The van der Waals surface area contributed by atoms with Crippen molar-refractivity contribution >= 4 is 22.7 Å². The van der Waals surface area contributed by atoms with Gasteiger partial charge in [-0.1, -0.05) is 54.6 Å². The van der Waals surface area contributed by atoms with Gasteiger partial charge in [-0.15, -0.1) is 0 Å². The average Bonchev–Trinajstić information content (AvgIpc) is 3.29. The minimum absolute atomic E-state index is 0.187. The molecule has 0 radical (unpaired) electrons. The van der Waals surface area contributed by atoms with E-state index in [9.17, 15) is 9.59 Å². The third-order valence-electron chi connectivity index (χ3n) is 6.99. The number of amides is 2. The van der Waals surface area contributed by atoms with Gasteiger partial charge in [-0.05, 0) is 49.2 Å². The lowest BCUT2D eigenvalue weighted by molar-refractivity contribution is -0.133. The van der Waals surface area contributed by atoms with Gasteiger partial charge in [0.15, 0.2) is 11.5 Å². The first-order chi connectivity index (χ1) is 17.9. The molecule has 7 heteroatoms. The lowest BCUT2D eigenvalue weighted by Crippen LogP contribution is -2.63. The van der Waals surface area contributed by atoms with E-state index < -0.39 is 5.54 Å². The molecule has 0 bridgehead atoms. The van der Waals surface area contributed by atoms with Crippen molar-refractivity contribution in [1.82, 2.24) is 14.8 Å². The van der Waals surface area contributed by atoms with Crippen molar-refractivity contribution in [2.45, 2.75) is 39.0 Å². The normalized spacial score (nSPS) is 16.9. The van der Waals surface area contributed by atoms with E-state index in [4.69, 9.17) is 9.47 Å². The van der Waals surface area contributed by atoms with Crippen LogP contribution in [-0.2, 0) is 24.4 Å². The van der Waals surface area contributed by atoms with Crippen molar-refractivity contribution in [2.24, 2.45) is 0 Å². The lowest BCUT2D eigenvalue weighted by Gasteiger charge is -2.44. The molecule has 37 heavy (non-hydrogen) atoms. The Kier molecular flexibility index (Phi) is 6.61. The van der Waals surface area contributed by atoms with E-state index >= 15 is 0 Å². The summed E-state index contributed by atoms with van der Waals surface area (Å²) in [6.45, 7) is 5.25. The van der Waals surface area contributed by atoms with Crippen LogP contribution in [0, 0.1) is 0 Å². The molecule has 2 heterocycles. The van der Waals surface area contributed by atoms with Crippen LogP contribution in [0.25, 0.3) is 10.9 Å². The lowest BCUT2D eigenvalue weighted by atomic mass is 9.93. The summed E-state index contributed by atoms with van der Waals surface area (Å²) in [4.78, 5) is 29.5. The number of aromatic nitrogens is 1. The van der Waals surface area contributed by atoms with E-state index in [0.29, 0.717) is 36.9 Å². The van der Waals surface area contributed by atoms with Crippen LogP contribution in [0.15, 0.2) is 78.9 Å². The van der Waals surface area contributed by atoms with Crippen molar-refractivity contribution in [3.05, 3.63) is 95.7 Å². The summed E-state index contributed by atoms with van der Waals surface area (Å²) in [5, 5.41) is 4.05. The zero-order valence-corrected chi connectivity index (χ0v) is 21.4.